The third kappa shape index (κ3) is 2.46. The van der Waals surface area contributed by atoms with Crippen molar-refractivity contribution in [3.05, 3.63) is 78.1 Å². The maximum atomic E-state index is 12.8. The van der Waals surface area contributed by atoms with Crippen molar-refractivity contribution in [2.24, 2.45) is 0 Å². The Morgan fingerprint density at radius 2 is 1.45 bits per heavy atom. The SMILES string of the molecule is Cc1ccc(S(=O)(=O)n2ccc(-c3ccccc3)c2C)cc1. The average Bonchev–Trinajstić information content (AvgIpc) is 2.91. The van der Waals surface area contributed by atoms with Crippen molar-refractivity contribution < 1.29 is 8.42 Å². The molecule has 0 spiro atoms. The molecule has 0 radical (unpaired) electrons. The Balaban J connectivity index is 2.10. The van der Waals surface area contributed by atoms with Gasteiger partial charge in [-0.25, -0.2) is 12.4 Å². The average molecular weight is 311 g/mol. The highest BCUT2D eigenvalue weighted by molar-refractivity contribution is 7.90. The number of rotatable bonds is 3. The second-order valence-electron chi connectivity index (χ2n) is 5.29. The molecule has 0 bridgehead atoms. The summed E-state index contributed by atoms with van der Waals surface area (Å²) in [5, 5.41) is 0. The Bertz CT molecular complexity index is 892. The summed E-state index contributed by atoms with van der Waals surface area (Å²) in [6.07, 6.45) is 1.62. The van der Waals surface area contributed by atoms with Gasteiger partial charge in [0, 0.05) is 17.5 Å². The van der Waals surface area contributed by atoms with Gasteiger partial charge in [-0.05, 0) is 37.6 Å². The van der Waals surface area contributed by atoms with E-state index in [1.807, 2.05) is 62.4 Å². The largest absolute Gasteiger partial charge is 0.267 e. The number of aromatic nitrogens is 1. The van der Waals surface area contributed by atoms with Crippen LogP contribution >= 0.6 is 0 Å². The molecule has 0 aliphatic rings. The number of nitrogens with zero attached hydrogens (tertiary/aromatic N) is 1. The molecule has 22 heavy (non-hydrogen) atoms. The van der Waals surface area contributed by atoms with E-state index in [-0.39, 0.29) is 0 Å². The predicted molar refractivity (Wildman–Crippen MR) is 88.4 cm³/mol. The van der Waals surface area contributed by atoms with Crippen LogP contribution < -0.4 is 0 Å². The van der Waals surface area contributed by atoms with E-state index in [2.05, 4.69) is 0 Å². The normalized spacial score (nSPS) is 11.5. The first kappa shape index (κ1) is 14.6. The van der Waals surface area contributed by atoms with Gasteiger partial charge in [-0.3, -0.25) is 0 Å². The summed E-state index contributed by atoms with van der Waals surface area (Å²) < 4.78 is 26.9. The van der Waals surface area contributed by atoms with Crippen LogP contribution in [0.3, 0.4) is 0 Å². The molecule has 4 heteroatoms. The summed E-state index contributed by atoms with van der Waals surface area (Å²) >= 11 is 0. The lowest BCUT2D eigenvalue weighted by Gasteiger charge is -2.09. The van der Waals surface area contributed by atoms with Gasteiger partial charge in [-0.15, -0.1) is 0 Å². The van der Waals surface area contributed by atoms with Crippen LogP contribution in [0.5, 0.6) is 0 Å². The molecule has 3 nitrogen and oxygen atoms in total. The van der Waals surface area contributed by atoms with E-state index in [0.717, 1.165) is 16.7 Å². The van der Waals surface area contributed by atoms with Crippen LogP contribution in [-0.2, 0) is 10.0 Å². The smallest absolute Gasteiger partial charge is 0.246 e. The third-order valence-electron chi connectivity index (χ3n) is 3.76. The standard InChI is InChI=1S/C18H17NO2S/c1-14-8-10-17(11-9-14)22(20,21)19-13-12-18(15(19)2)16-6-4-3-5-7-16/h3-13H,1-2H3. The minimum atomic E-state index is -3.56. The topological polar surface area (TPSA) is 39.1 Å². The van der Waals surface area contributed by atoms with Crippen LogP contribution in [0, 0.1) is 13.8 Å². The maximum absolute atomic E-state index is 12.8. The van der Waals surface area contributed by atoms with Crippen molar-refractivity contribution in [1.82, 2.24) is 3.97 Å². The number of aryl methyl sites for hydroxylation is 1. The molecule has 0 amide bonds. The third-order valence-corrected chi connectivity index (χ3v) is 5.54. The molecule has 0 unspecified atom stereocenters. The van der Waals surface area contributed by atoms with E-state index in [1.54, 1.807) is 18.3 Å². The Hall–Kier alpha value is -2.33. The Kier molecular flexibility index (Phi) is 3.62. The molecular formula is C18H17NO2S. The van der Waals surface area contributed by atoms with E-state index in [4.69, 9.17) is 0 Å². The van der Waals surface area contributed by atoms with Crippen LogP contribution in [0.1, 0.15) is 11.3 Å². The lowest BCUT2D eigenvalue weighted by Crippen LogP contribution is -2.13. The van der Waals surface area contributed by atoms with Crippen molar-refractivity contribution in [2.45, 2.75) is 18.7 Å². The molecule has 3 aromatic rings. The molecule has 0 saturated heterocycles. The van der Waals surface area contributed by atoms with Crippen LogP contribution in [0.4, 0.5) is 0 Å². The monoisotopic (exact) mass is 311 g/mol. The maximum Gasteiger partial charge on any atom is 0.267 e. The molecule has 0 aliphatic heterocycles. The van der Waals surface area contributed by atoms with E-state index in [0.29, 0.717) is 10.6 Å². The summed E-state index contributed by atoms with van der Waals surface area (Å²) in [6, 6.07) is 18.5. The molecule has 0 N–H and O–H groups in total. The molecule has 0 aliphatic carbocycles. The second-order valence-corrected chi connectivity index (χ2v) is 7.11. The van der Waals surface area contributed by atoms with Gasteiger partial charge in [0.25, 0.3) is 10.0 Å². The van der Waals surface area contributed by atoms with Crippen LogP contribution in [0.25, 0.3) is 11.1 Å². The first-order valence-electron chi connectivity index (χ1n) is 7.06. The van der Waals surface area contributed by atoms with Crippen molar-refractivity contribution in [3.8, 4) is 11.1 Å². The number of benzene rings is 2. The first-order chi connectivity index (χ1) is 10.5. The number of hydrogen-bond acceptors (Lipinski definition) is 2. The highest BCUT2D eigenvalue weighted by atomic mass is 32.2. The second kappa shape index (κ2) is 5.46. The lowest BCUT2D eigenvalue weighted by molar-refractivity contribution is 0.586. The van der Waals surface area contributed by atoms with Crippen molar-refractivity contribution in [3.63, 3.8) is 0 Å². The fourth-order valence-corrected chi connectivity index (χ4v) is 3.89. The Morgan fingerprint density at radius 1 is 0.818 bits per heavy atom. The summed E-state index contributed by atoms with van der Waals surface area (Å²) in [7, 11) is -3.56. The molecule has 2 aromatic carbocycles. The van der Waals surface area contributed by atoms with E-state index in [9.17, 15) is 8.42 Å². The fourth-order valence-electron chi connectivity index (χ4n) is 2.50. The van der Waals surface area contributed by atoms with Gasteiger partial charge in [-0.2, -0.15) is 0 Å². The molecule has 0 fully saturated rings. The van der Waals surface area contributed by atoms with Gasteiger partial charge in [0.05, 0.1) is 4.90 Å². The zero-order valence-electron chi connectivity index (χ0n) is 12.5. The van der Waals surface area contributed by atoms with Crippen LogP contribution in [0.2, 0.25) is 0 Å². The molecule has 1 aromatic heterocycles. The van der Waals surface area contributed by atoms with Gasteiger partial charge in [0.2, 0.25) is 0 Å². The lowest BCUT2D eigenvalue weighted by atomic mass is 10.1. The highest BCUT2D eigenvalue weighted by Gasteiger charge is 2.20. The highest BCUT2D eigenvalue weighted by Crippen LogP contribution is 2.27. The van der Waals surface area contributed by atoms with Gasteiger partial charge < -0.3 is 0 Å². The van der Waals surface area contributed by atoms with E-state index >= 15 is 0 Å². The van der Waals surface area contributed by atoms with E-state index in [1.165, 1.54) is 3.97 Å². The number of hydrogen-bond donors (Lipinski definition) is 0. The van der Waals surface area contributed by atoms with Crippen LogP contribution in [-0.4, -0.2) is 12.4 Å². The molecule has 0 atom stereocenters. The van der Waals surface area contributed by atoms with Crippen molar-refractivity contribution >= 4 is 10.0 Å². The molecule has 0 saturated carbocycles. The molecule has 3 rings (SSSR count). The summed E-state index contributed by atoms with van der Waals surface area (Å²) in [4.78, 5) is 0.302. The van der Waals surface area contributed by atoms with Crippen molar-refractivity contribution in [2.75, 3.05) is 0 Å². The fraction of sp³-hybridized carbons (Fsp3) is 0.111. The minimum Gasteiger partial charge on any atom is -0.246 e. The Labute approximate surface area is 130 Å². The summed E-state index contributed by atoms with van der Waals surface area (Å²) in [5.74, 6) is 0. The molecular weight excluding hydrogens is 294 g/mol. The van der Waals surface area contributed by atoms with Gasteiger partial charge >= 0.3 is 0 Å². The van der Waals surface area contributed by atoms with E-state index < -0.39 is 10.0 Å². The van der Waals surface area contributed by atoms with Crippen molar-refractivity contribution in [1.29, 1.82) is 0 Å². The van der Waals surface area contributed by atoms with Gasteiger partial charge in [0.15, 0.2) is 0 Å². The summed E-state index contributed by atoms with van der Waals surface area (Å²) in [6.45, 7) is 3.76. The zero-order chi connectivity index (χ0) is 15.7. The van der Waals surface area contributed by atoms with Gasteiger partial charge in [-0.1, -0.05) is 48.0 Å². The quantitative estimate of drug-likeness (QED) is 0.733. The minimum absolute atomic E-state index is 0.302. The summed E-state index contributed by atoms with van der Waals surface area (Å²) in [5.41, 5.74) is 3.69. The molecule has 1 heterocycles. The van der Waals surface area contributed by atoms with Gasteiger partial charge in [0.1, 0.15) is 0 Å². The Morgan fingerprint density at radius 3 is 2.09 bits per heavy atom. The predicted octanol–water partition coefficient (Wildman–Crippen LogP) is 4.01. The molecule has 112 valence electrons. The van der Waals surface area contributed by atoms with Crippen LogP contribution in [0.15, 0.2) is 71.8 Å². The first-order valence-corrected chi connectivity index (χ1v) is 8.50. The zero-order valence-corrected chi connectivity index (χ0v) is 13.3.